The first-order valence-electron chi connectivity index (χ1n) is 9.33. The van der Waals surface area contributed by atoms with Gasteiger partial charge in [-0.1, -0.05) is 6.42 Å². The highest BCUT2D eigenvalue weighted by atomic mass is 16.8. The minimum Gasteiger partial charge on any atom is -0.481 e. The molecule has 5 atom stereocenters. The maximum Gasteiger partial charge on any atom is 0.303 e. The fraction of sp³-hybridized carbons (Fsp3) is 0.944. The molecule has 3 rings (SSSR count). The van der Waals surface area contributed by atoms with Crippen molar-refractivity contribution in [1.82, 2.24) is 0 Å². The van der Waals surface area contributed by atoms with Gasteiger partial charge < -0.3 is 33.5 Å². The van der Waals surface area contributed by atoms with Crippen LogP contribution in [0.15, 0.2) is 0 Å². The number of aliphatic carboxylic acids is 1. The van der Waals surface area contributed by atoms with E-state index in [0.29, 0.717) is 19.6 Å². The number of hydrogen-bond acceptors (Lipinski definition) is 7. The van der Waals surface area contributed by atoms with E-state index in [1.165, 1.54) is 0 Å². The normalized spacial score (nSPS) is 37.8. The van der Waals surface area contributed by atoms with Crippen LogP contribution in [-0.4, -0.2) is 66.6 Å². The van der Waals surface area contributed by atoms with E-state index in [1.807, 2.05) is 27.7 Å². The van der Waals surface area contributed by atoms with Crippen molar-refractivity contribution in [1.29, 1.82) is 0 Å². The molecule has 0 amide bonds. The third kappa shape index (κ3) is 4.74. The quantitative estimate of drug-likeness (QED) is 0.645. The Bertz CT molecular complexity index is 505. The number of unbranched alkanes of at least 4 members (excludes halogenated alkanes) is 2. The molecule has 0 unspecified atom stereocenters. The Labute approximate surface area is 154 Å². The van der Waals surface area contributed by atoms with Gasteiger partial charge in [-0.25, -0.2) is 0 Å². The fourth-order valence-electron chi connectivity index (χ4n) is 3.64. The molecule has 8 heteroatoms. The molecule has 0 radical (unpaired) electrons. The third-order valence-electron chi connectivity index (χ3n) is 4.77. The monoisotopic (exact) mass is 374 g/mol. The largest absolute Gasteiger partial charge is 0.481 e. The molecule has 8 nitrogen and oxygen atoms in total. The van der Waals surface area contributed by atoms with Crippen molar-refractivity contribution in [2.75, 3.05) is 13.2 Å². The van der Waals surface area contributed by atoms with Gasteiger partial charge in [-0.2, -0.15) is 0 Å². The average molecular weight is 374 g/mol. The van der Waals surface area contributed by atoms with Crippen LogP contribution in [0.25, 0.3) is 0 Å². The van der Waals surface area contributed by atoms with E-state index in [9.17, 15) is 4.79 Å². The van der Waals surface area contributed by atoms with E-state index in [0.717, 1.165) is 12.8 Å². The van der Waals surface area contributed by atoms with Gasteiger partial charge in [0.05, 0.1) is 6.61 Å². The summed E-state index contributed by atoms with van der Waals surface area (Å²) < 4.78 is 35.6. The predicted octanol–water partition coefficient (Wildman–Crippen LogP) is 2.04. The molecule has 150 valence electrons. The molecular weight excluding hydrogens is 344 g/mol. The lowest BCUT2D eigenvalue weighted by Crippen LogP contribution is -2.44. The number of rotatable bonds is 8. The first kappa shape index (κ1) is 20.0. The van der Waals surface area contributed by atoms with Gasteiger partial charge in [-0.05, 0) is 40.5 Å². The summed E-state index contributed by atoms with van der Waals surface area (Å²) in [6.45, 7) is 8.39. The molecule has 0 bridgehead atoms. The zero-order chi connectivity index (χ0) is 18.9. The van der Waals surface area contributed by atoms with Crippen LogP contribution >= 0.6 is 0 Å². The van der Waals surface area contributed by atoms with Crippen LogP contribution in [0.2, 0.25) is 0 Å². The number of carboxylic acid groups (broad SMARTS) is 1. The summed E-state index contributed by atoms with van der Waals surface area (Å²) in [6, 6.07) is 0. The summed E-state index contributed by atoms with van der Waals surface area (Å²) in [5, 5.41) is 8.69. The van der Waals surface area contributed by atoms with Crippen LogP contribution in [0.1, 0.15) is 53.4 Å². The second-order valence-corrected chi connectivity index (χ2v) is 7.98. The number of ether oxygens (including phenoxy) is 6. The molecule has 1 N–H and O–H groups in total. The Hall–Kier alpha value is -0.770. The van der Waals surface area contributed by atoms with E-state index < -0.39 is 23.8 Å². The second kappa shape index (κ2) is 7.69. The summed E-state index contributed by atoms with van der Waals surface area (Å²) in [5.41, 5.74) is 0. The molecule has 0 aromatic heterocycles. The predicted molar refractivity (Wildman–Crippen MR) is 89.4 cm³/mol. The minimum absolute atomic E-state index is 0.188. The average Bonchev–Trinajstić information content (AvgIpc) is 3.12. The van der Waals surface area contributed by atoms with Crippen molar-refractivity contribution in [2.24, 2.45) is 0 Å². The molecule has 0 aromatic carbocycles. The molecule has 3 aliphatic rings. The van der Waals surface area contributed by atoms with E-state index in [4.69, 9.17) is 33.5 Å². The fourth-order valence-corrected chi connectivity index (χ4v) is 3.64. The summed E-state index contributed by atoms with van der Waals surface area (Å²) in [4.78, 5) is 10.6. The molecule has 0 aromatic rings. The molecule has 0 spiro atoms. The summed E-state index contributed by atoms with van der Waals surface area (Å²) >= 11 is 0. The van der Waals surface area contributed by atoms with Gasteiger partial charge in [0.15, 0.2) is 17.9 Å². The molecule has 3 aliphatic heterocycles. The highest BCUT2D eigenvalue weighted by Crippen LogP contribution is 2.41. The maximum absolute atomic E-state index is 10.6. The van der Waals surface area contributed by atoms with E-state index in [2.05, 4.69) is 0 Å². The van der Waals surface area contributed by atoms with Crippen LogP contribution < -0.4 is 0 Å². The van der Waals surface area contributed by atoms with Crippen molar-refractivity contribution in [3.8, 4) is 0 Å². The van der Waals surface area contributed by atoms with Gasteiger partial charge in [0.1, 0.15) is 24.4 Å². The highest BCUT2D eigenvalue weighted by Gasteiger charge is 2.58. The number of hydrogen-bond donors (Lipinski definition) is 1. The van der Waals surface area contributed by atoms with Crippen molar-refractivity contribution in [3.63, 3.8) is 0 Å². The van der Waals surface area contributed by atoms with E-state index >= 15 is 0 Å². The zero-order valence-corrected chi connectivity index (χ0v) is 15.9. The Morgan fingerprint density at radius 3 is 2.46 bits per heavy atom. The number of carbonyl (C=O) groups is 1. The third-order valence-corrected chi connectivity index (χ3v) is 4.77. The smallest absolute Gasteiger partial charge is 0.303 e. The zero-order valence-electron chi connectivity index (χ0n) is 15.9. The van der Waals surface area contributed by atoms with Crippen molar-refractivity contribution < 1.29 is 38.3 Å². The van der Waals surface area contributed by atoms with Crippen LogP contribution in [0, 0.1) is 0 Å². The van der Waals surface area contributed by atoms with Gasteiger partial charge in [-0.3, -0.25) is 4.79 Å². The number of fused-ring (bicyclic) bond motifs is 1. The van der Waals surface area contributed by atoms with Crippen molar-refractivity contribution in [3.05, 3.63) is 0 Å². The second-order valence-electron chi connectivity index (χ2n) is 7.98. The van der Waals surface area contributed by atoms with Gasteiger partial charge in [-0.15, -0.1) is 0 Å². The van der Waals surface area contributed by atoms with E-state index in [-0.39, 0.29) is 30.8 Å². The highest BCUT2D eigenvalue weighted by molar-refractivity contribution is 5.66. The first-order chi connectivity index (χ1) is 12.2. The lowest BCUT2D eigenvalue weighted by molar-refractivity contribution is -0.236. The van der Waals surface area contributed by atoms with Crippen LogP contribution in [0.4, 0.5) is 0 Å². The van der Waals surface area contributed by atoms with Crippen molar-refractivity contribution in [2.45, 2.75) is 95.7 Å². The Balaban J connectivity index is 1.55. The van der Waals surface area contributed by atoms with Gasteiger partial charge in [0.25, 0.3) is 0 Å². The Morgan fingerprint density at radius 1 is 1.04 bits per heavy atom. The topological polar surface area (TPSA) is 92.7 Å². The molecule has 3 saturated heterocycles. The summed E-state index contributed by atoms with van der Waals surface area (Å²) in [5.74, 6) is -2.12. The molecular formula is C18H30O8. The lowest BCUT2D eigenvalue weighted by Gasteiger charge is -2.29. The van der Waals surface area contributed by atoms with Gasteiger partial charge in [0, 0.05) is 13.0 Å². The Kier molecular flexibility index (Phi) is 5.91. The SMILES string of the molecule is CC1(C)O[C@H]2O[C@H]([C@H]3COC(C)(C)O3)[C@H](OCCCCCC(=O)O)[C@H]2O1. The molecule has 3 fully saturated rings. The summed E-state index contributed by atoms with van der Waals surface area (Å²) in [7, 11) is 0. The minimum atomic E-state index is -0.766. The Morgan fingerprint density at radius 2 is 1.81 bits per heavy atom. The standard InChI is InChI=1S/C18H30O8/c1-17(2)22-10-11(24-17)13-14(21-9-7-5-6-8-12(19)20)15-16(23-13)26-18(3,4)25-15/h11,13-16H,5-10H2,1-4H3,(H,19,20)/t11-,13-,14+,15-,16-/m1/s1. The maximum atomic E-state index is 10.6. The number of carboxylic acids is 1. The summed E-state index contributed by atoms with van der Waals surface area (Å²) in [6.07, 6.45) is 0.723. The lowest BCUT2D eigenvalue weighted by atomic mass is 10.1. The molecule has 0 aliphatic carbocycles. The van der Waals surface area contributed by atoms with E-state index in [1.54, 1.807) is 0 Å². The van der Waals surface area contributed by atoms with Crippen LogP contribution in [-0.2, 0) is 33.2 Å². The molecule has 26 heavy (non-hydrogen) atoms. The van der Waals surface area contributed by atoms with Crippen molar-refractivity contribution >= 4 is 5.97 Å². The molecule has 0 saturated carbocycles. The van der Waals surface area contributed by atoms with Crippen LogP contribution in [0.3, 0.4) is 0 Å². The first-order valence-corrected chi connectivity index (χ1v) is 9.33. The van der Waals surface area contributed by atoms with Gasteiger partial charge in [0.2, 0.25) is 0 Å². The van der Waals surface area contributed by atoms with Gasteiger partial charge >= 0.3 is 5.97 Å². The molecule has 3 heterocycles. The van der Waals surface area contributed by atoms with Crippen LogP contribution in [0.5, 0.6) is 0 Å².